The van der Waals surface area contributed by atoms with Crippen molar-refractivity contribution < 1.29 is 9.90 Å². The van der Waals surface area contributed by atoms with Gasteiger partial charge in [-0.25, -0.2) is 0 Å². The van der Waals surface area contributed by atoms with E-state index in [0.717, 1.165) is 6.42 Å². The van der Waals surface area contributed by atoms with Crippen LogP contribution in [0.2, 0.25) is 0 Å². The summed E-state index contributed by atoms with van der Waals surface area (Å²) in [6, 6.07) is 0. The second-order valence-electron chi connectivity index (χ2n) is 3.39. The molecule has 0 radical (unpaired) electrons. The first-order chi connectivity index (χ1) is 5.52. The van der Waals surface area contributed by atoms with Gasteiger partial charge in [0, 0.05) is 12.1 Å². The first-order valence-electron chi connectivity index (χ1n) is 4.08. The number of nitrogens with one attached hydrogen (secondary N) is 2. The number of carbonyl (C=O) groups excluding carboxylic acids is 1. The average Bonchev–Trinajstić information content (AvgIpc) is 2.04. The molecule has 0 unspecified atom stereocenters. The van der Waals surface area contributed by atoms with Gasteiger partial charge in [0.1, 0.15) is 6.61 Å². The van der Waals surface area contributed by atoms with E-state index in [4.69, 9.17) is 5.11 Å². The fraction of sp³-hybridized carbons (Fsp3) is 0.875. The maximum absolute atomic E-state index is 10.6. The Hall–Kier alpha value is -0.610. The molecule has 0 atom stereocenters. The minimum Gasteiger partial charge on any atom is -0.387 e. The molecule has 3 N–H and O–H groups in total. The molecule has 0 aliphatic carbocycles. The van der Waals surface area contributed by atoms with Crippen LogP contribution in [-0.4, -0.2) is 36.8 Å². The minimum absolute atomic E-state index is 0.0305. The molecule has 0 spiro atoms. The van der Waals surface area contributed by atoms with Crippen LogP contribution in [0.3, 0.4) is 0 Å². The molecule has 0 heterocycles. The van der Waals surface area contributed by atoms with Crippen LogP contribution in [0, 0.1) is 0 Å². The maximum Gasteiger partial charge on any atom is 0.245 e. The van der Waals surface area contributed by atoms with Crippen molar-refractivity contribution in [2.24, 2.45) is 0 Å². The van der Waals surface area contributed by atoms with Gasteiger partial charge in [-0.05, 0) is 27.3 Å². The monoisotopic (exact) mass is 174 g/mol. The van der Waals surface area contributed by atoms with Crippen LogP contribution in [0.25, 0.3) is 0 Å². The van der Waals surface area contributed by atoms with Crippen LogP contribution >= 0.6 is 0 Å². The zero-order chi connectivity index (χ0) is 9.61. The van der Waals surface area contributed by atoms with E-state index in [1.165, 1.54) is 0 Å². The van der Waals surface area contributed by atoms with Crippen molar-refractivity contribution >= 4 is 5.91 Å². The molecule has 0 aliphatic rings. The summed E-state index contributed by atoms with van der Waals surface area (Å²) >= 11 is 0. The lowest BCUT2D eigenvalue weighted by Crippen LogP contribution is -2.40. The molecule has 0 saturated heterocycles. The van der Waals surface area contributed by atoms with Gasteiger partial charge in [-0.1, -0.05) is 0 Å². The molecule has 0 aliphatic heterocycles. The lowest BCUT2D eigenvalue weighted by atomic mass is 10.0. The number of rotatable bonds is 5. The molecule has 0 aromatic carbocycles. The number of amides is 1. The third-order valence-corrected chi connectivity index (χ3v) is 1.89. The van der Waals surface area contributed by atoms with Crippen molar-refractivity contribution in [3.8, 4) is 0 Å². The first kappa shape index (κ1) is 11.4. The lowest BCUT2D eigenvalue weighted by Gasteiger charge is -2.23. The summed E-state index contributed by atoms with van der Waals surface area (Å²) in [4.78, 5) is 10.6. The van der Waals surface area contributed by atoms with Crippen molar-refractivity contribution in [1.82, 2.24) is 10.6 Å². The highest BCUT2D eigenvalue weighted by atomic mass is 16.3. The molecular formula is C8H18N2O2. The predicted octanol–water partition coefficient (Wildman–Crippen LogP) is -0.517. The Balaban J connectivity index is 3.49. The van der Waals surface area contributed by atoms with Crippen molar-refractivity contribution in [1.29, 1.82) is 0 Å². The molecule has 0 rings (SSSR count). The standard InChI is InChI=1S/C8H18N2O2/c1-8(2,9-3)4-5-10-7(12)6-11/h9,11H,4-6H2,1-3H3,(H,10,12). The van der Waals surface area contributed by atoms with E-state index < -0.39 is 6.61 Å². The Morgan fingerprint density at radius 1 is 1.50 bits per heavy atom. The summed E-state index contributed by atoms with van der Waals surface area (Å²) in [5, 5.41) is 14.1. The summed E-state index contributed by atoms with van der Waals surface area (Å²) in [6.07, 6.45) is 0.842. The molecule has 4 heteroatoms. The summed E-state index contributed by atoms with van der Waals surface area (Å²) in [7, 11) is 1.88. The SMILES string of the molecule is CNC(C)(C)CCNC(=O)CO. The van der Waals surface area contributed by atoms with Crippen LogP contribution in [0.4, 0.5) is 0 Å². The average molecular weight is 174 g/mol. The van der Waals surface area contributed by atoms with Gasteiger partial charge < -0.3 is 15.7 Å². The van der Waals surface area contributed by atoms with E-state index in [1.54, 1.807) is 0 Å². The van der Waals surface area contributed by atoms with Crippen LogP contribution in [0.15, 0.2) is 0 Å². The van der Waals surface area contributed by atoms with E-state index >= 15 is 0 Å². The second-order valence-corrected chi connectivity index (χ2v) is 3.39. The van der Waals surface area contributed by atoms with E-state index in [1.807, 2.05) is 7.05 Å². The molecule has 0 aromatic heterocycles. The normalized spacial score (nSPS) is 11.3. The number of aliphatic hydroxyl groups excluding tert-OH is 1. The van der Waals surface area contributed by atoms with Gasteiger partial charge in [0.15, 0.2) is 0 Å². The van der Waals surface area contributed by atoms with Gasteiger partial charge in [-0.15, -0.1) is 0 Å². The molecule has 0 aromatic rings. The van der Waals surface area contributed by atoms with Crippen molar-refractivity contribution in [3.05, 3.63) is 0 Å². The van der Waals surface area contributed by atoms with Gasteiger partial charge in [-0.3, -0.25) is 4.79 Å². The van der Waals surface area contributed by atoms with E-state index in [9.17, 15) is 4.79 Å². The topological polar surface area (TPSA) is 61.4 Å². The van der Waals surface area contributed by atoms with Gasteiger partial charge in [0.05, 0.1) is 0 Å². The van der Waals surface area contributed by atoms with E-state index in [0.29, 0.717) is 6.54 Å². The molecule has 0 bridgehead atoms. The number of hydrogen-bond donors (Lipinski definition) is 3. The Labute approximate surface area is 73.3 Å². The summed E-state index contributed by atoms with van der Waals surface area (Å²) in [6.45, 7) is 4.27. The van der Waals surface area contributed by atoms with Crippen molar-refractivity contribution in [2.75, 3.05) is 20.2 Å². The Morgan fingerprint density at radius 3 is 2.50 bits per heavy atom. The fourth-order valence-electron chi connectivity index (χ4n) is 0.695. The van der Waals surface area contributed by atoms with Crippen LogP contribution < -0.4 is 10.6 Å². The predicted molar refractivity (Wildman–Crippen MR) is 47.9 cm³/mol. The number of carbonyl (C=O) groups is 1. The highest BCUT2D eigenvalue weighted by molar-refractivity contribution is 5.76. The molecule has 4 nitrogen and oxygen atoms in total. The number of aliphatic hydroxyl groups is 1. The van der Waals surface area contributed by atoms with Crippen LogP contribution in [-0.2, 0) is 4.79 Å². The summed E-state index contributed by atoms with van der Waals surface area (Å²) < 4.78 is 0. The van der Waals surface area contributed by atoms with Crippen molar-refractivity contribution in [2.45, 2.75) is 25.8 Å². The van der Waals surface area contributed by atoms with Gasteiger partial charge in [0.25, 0.3) is 0 Å². The maximum atomic E-state index is 10.6. The smallest absolute Gasteiger partial charge is 0.245 e. The second kappa shape index (κ2) is 5.11. The zero-order valence-corrected chi connectivity index (χ0v) is 7.98. The fourth-order valence-corrected chi connectivity index (χ4v) is 0.695. The molecule has 0 saturated carbocycles. The summed E-state index contributed by atoms with van der Waals surface area (Å²) in [5.74, 6) is -0.318. The molecule has 0 fully saturated rings. The van der Waals surface area contributed by atoms with Crippen LogP contribution in [0.1, 0.15) is 20.3 Å². The molecule has 1 amide bonds. The minimum atomic E-state index is -0.431. The van der Waals surface area contributed by atoms with Crippen LogP contribution in [0.5, 0.6) is 0 Å². The van der Waals surface area contributed by atoms with E-state index in [2.05, 4.69) is 24.5 Å². The first-order valence-corrected chi connectivity index (χ1v) is 4.08. The van der Waals surface area contributed by atoms with Crippen molar-refractivity contribution in [3.63, 3.8) is 0 Å². The highest BCUT2D eigenvalue weighted by Gasteiger charge is 2.13. The molecule has 72 valence electrons. The Bertz CT molecular complexity index is 146. The third-order valence-electron chi connectivity index (χ3n) is 1.89. The summed E-state index contributed by atoms with van der Waals surface area (Å²) in [5.41, 5.74) is 0.0305. The highest BCUT2D eigenvalue weighted by Crippen LogP contribution is 2.04. The van der Waals surface area contributed by atoms with Gasteiger partial charge >= 0.3 is 0 Å². The van der Waals surface area contributed by atoms with Gasteiger partial charge in [-0.2, -0.15) is 0 Å². The zero-order valence-electron chi connectivity index (χ0n) is 7.98. The van der Waals surface area contributed by atoms with E-state index in [-0.39, 0.29) is 11.4 Å². The third kappa shape index (κ3) is 5.09. The Morgan fingerprint density at radius 2 is 2.08 bits per heavy atom. The Kier molecular flexibility index (Phi) is 4.85. The van der Waals surface area contributed by atoms with Gasteiger partial charge in [0.2, 0.25) is 5.91 Å². The number of hydrogen-bond acceptors (Lipinski definition) is 3. The lowest BCUT2D eigenvalue weighted by molar-refractivity contribution is -0.123. The largest absolute Gasteiger partial charge is 0.387 e. The quantitative estimate of drug-likeness (QED) is 0.526. The molecule has 12 heavy (non-hydrogen) atoms. The molecular weight excluding hydrogens is 156 g/mol.